The molecule has 0 aliphatic carbocycles. The zero-order valence-electron chi connectivity index (χ0n) is 10.0. The van der Waals surface area contributed by atoms with E-state index < -0.39 is 24.1 Å². The monoisotopic (exact) mass is 233 g/mol. The van der Waals surface area contributed by atoms with Crippen LogP contribution in [0, 0.1) is 0 Å². The molecule has 1 rings (SSSR count). The molecule has 1 aliphatic rings. The van der Waals surface area contributed by atoms with Gasteiger partial charge in [0, 0.05) is 14.2 Å². The SMILES string of the molecule is CNC(=O)[C@@H]1OC(C)(C)O[C@@H]1[C@@H](O)COC. The highest BCUT2D eigenvalue weighted by Crippen LogP contribution is 2.30. The van der Waals surface area contributed by atoms with Gasteiger partial charge >= 0.3 is 0 Å². The lowest BCUT2D eigenvalue weighted by Crippen LogP contribution is -2.45. The summed E-state index contributed by atoms with van der Waals surface area (Å²) in [5.41, 5.74) is 0. The number of rotatable bonds is 4. The molecule has 0 spiro atoms. The van der Waals surface area contributed by atoms with E-state index in [-0.39, 0.29) is 12.5 Å². The van der Waals surface area contributed by atoms with Crippen LogP contribution in [0.25, 0.3) is 0 Å². The van der Waals surface area contributed by atoms with Crippen LogP contribution in [0.3, 0.4) is 0 Å². The van der Waals surface area contributed by atoms with Gasteiger partial charge in [0.25, 0.3) is 5.91 Å². The first kappa shape index (κ1) is 13.4. The topological polar surface area (TPSA) is 77.0 Å². The lowest BCUT2D eigenvalue weighted by molar-refractivity contribution is -0.161. The molecule has 1 heterocycles. The van der Waals surface area contributed by atoms with Crippen LogP contribution in [0.4, 0.5) is 0 Å². The zero-order valence-corrected chi connectivity index (χ0v) is 10.0. The first-order valence-corrected chi connectivity index (χ1v) is 5.15. The number of carbonyl (C=O) groups excluding carboxylic acids is 1. The number of hydrogen-bond donors (Lipinski definition) is 2. The second kappa shape index (κ2) is 5.09. The molecule has 0 aromatic rings. The van der Waals surface area contributed by atoms with Gasteiger partial charge in [0.05, 0.1) is 6.61 Å². The van der Waals surface area contributed by atoms with Gasteiger partial charge < -0.3 is 24.6 Å². The predicted molar refractivity (Wildman–Crippen MR) is 55.8 cm³/mol. The number of ether oxygens (including phenoxy) is 3. The number of amides is 1. The minimum atomic E-state index is -0.894. The lowest BCUT2D eigenvalue weighted by Gasteiger charge is -2.20. The molecule has 0 radical (unpaired) electrons. The van der Waals surface area contributed by atoms with Crippen molar-refractivity contribution in [2.75, 3.05) is 20.8 Å². The van der Waals surface area contributed by atoms with Gasteiger partial charge in [-0.1, -0.05) is 0 Å². The van der Waals surface area contributed by atoms with Crippen molar-refractivity contribution in [1.29, 1.82) is 0 Å². The molecular weight excluding hydrogens is 214 g/mol. The molecular formula is C10H19NO5. The van der Waals surface area contributed by atoms with Crippen LogP contribution >= 0.6 is 0 Å². The van der Waals surface area contributed by atoms with Gasteiger partial charge in [-0.2, -0.15) is 0 Å². The van der Waals surface area contributed by atoms with Gasteiger partial charge in [0.2, 0.25) is 0 Å². The molecule has 3 atom stereocenters. The molecule has 94 valence electrons. The Morgan fingerprint density at radius 1 is 1.56 bits per heavy atom. The zero-order chi connectivity index (χ0) is 12.3. The number of aliphatic hydroxyl groups is 1. The van der Waals surface area contributed by atoms with Gasteiger partial charge in [-0.15, -0.1) is 0 Å². The average molecular weight is 233 g/mol. The van der Waals surface area contributed by atoms with Gasteiger partial charge in [0.1, 0.15) is 12.2 Å². The van der Waals surface area contributed by atoms with Crippen LogP contribution in [0.1, 0.15) is 13.8 Å². The van der Waals surface area contributed by atoms with Crippen LogP contribution in [0.15, 0.2) is 0 Å². The minimum absolute atomic E-state index is 0.0948. The summed E-state index contributed by atoms with van der Waals surface area (Å²) in [5, 5.41) is 12.3. The van der Waals surface area contributed by atoms with Crippen molar-refractivity contribution in [3.05, 3.63) is 0 Å². The third-order valence-corrected chi connectivity index (χ3v) is 2.35. The molecule has 6 heteroatoms. The fraction of sp³-hybridized carbons (Fsp3) is 0.900. The highest BCUT2D eigenvalue weighted by molar-refractivity contribution is 5.81. The van der Waals surface area contributed by atoms with Crippen LogP contribution in [-0.2, 0) is 19.0 Å². The van der Waals surface area contributed by atoms with Gasteiger partial charge in [-0.25, -0.2) is 0 Å². The highest BCUT2D eigenvalue weighted by Gasteiger charge is 2.48. The molecule has 0 unspecified atom stereocenters. The van der Waals surface area contributed by atoms with Crippen molar-refractivity contribution in [3.8, 4) is 0 Å². The maximum atomic E-state index is 11.6. The molecule has 2 N–H and O–H groups in total. The normalized spacial score (nSPS) is 30.1. The molecule has 16 heavy (non-hydrogen) atoms. The van der Waals surface area contributed by atoms with Crippen LogP contribution < -0.4 is 5.32 Å². The van der Waals surface area contributed by atoms with E-state index in [1.54, 1.807) is 13.8 Å². The van der Waals surface area contributed by atoms with E-state index in [9.17, 15) is 9.90 Å². The fourth-order valence-electron chi connectivity index (χ4n) is 1.68. The minimum Gasteiger partial charge on any atom is -0.388 e. The van der Waals surface area contributed by atoms with E-state index in [0.29, 0.717) is 0 Å². The number of aliphatic hydroxyl groups excluding tert-OH is 1. The Kier molecular flexibility index (Phi) is 4.26. The summed E-state index contributed by atoms with van der Waals surface area (Å²) >= 11 is 0. The number of hydrogen-bond acceptors (Lipinski definition) is 5. The van der Waals surface area contributed by atoms with E-state index in [0.717, 1.165) is 0 Å². The van der Waals surface area contributed by atoms with Crippen molar-refractivity contribution in [2.24, 2.45) is 0 Å². The molecule has 1 saturated heterocycles. The van der Waals surface area contributed by atoms with Crippen LogP contribution in [0.5, 0.6) is 0 Å². The summed E-state index contributed by atoms with van der Waals surface area (Å²) in [6.45, 7) is 3.49. The van der Waals surface area contributed by atoms with Crippen molar-refractivity contribution in [3.63, 3.8) is 0 Å². The smallest absolute Gasteiger partial charge is 0.251 e. The second-order valence-corrected chi connectivity index (χ2v) is 4.16. The summed E-state index contributed by atoms with van der Waals surface area (Å²) in [4.78, 5) is 11.6. The Hall–Kier alpha value is -0.690. The van der Waals surface area contributed by atoms with E-state index in [4.69, 9.17) is 14.2 Å². The molecule has 0 bridgehead atoms. The van der Waals surface area contributed by atoms with Gasteiger partial charge in [-0.05, 0) is 13.8 Å². The van der Waals surface area contributed by atoms with Crippen LogP contribution in [0.2, 0.25) is 0 Å². The van der Waals surface area contributed by atoms with Crippen molar-refractivity contribution < 1.29 is 24.1 Å². The third-order valence-electron chi connectivity index (χ3n) is 2.35. The Labute approximate surface area is 94.9 Å². The number of likely N-dealkylation sites (N-methyl/N-ethyl adjacent to an activating group) is 1. The lowest BCUT2D eigenvalue weighted by atomic mass is 10.1. The summed E-state index contributed by atoms with van der Waals surface area (Å²) in [6.07, 6.45) is -2.42. The summed E-state index contributed by atoms with van der Waals surface area (Å²) < 4.78 is 15.7. The summed E-state index contributed by atoms with van der Waals surface area (Å²) in [5.74, 6) is -1.19. The largest absolute Gasteiger partial charge is 0.388 e. The number of methoxy groups -OCH3 is 1. The Balaban J connectivity index is 2.75. The van der Waals surface area contributed by atoms with Gasteiger partial charge in [-0.3, -0.25) is 4.79 Å². The molecule has 1 amide bonds. The molecule has 0 saturated carbocycles. The van der Waals surface area contributed by atoms with Crippen molar-refractivity contribution in [1.82, 2.24) is 5.32 Å². The quantitative estimate of drug-likeness (QED) is 0.669. The van der Waals surface area contributed by atoms with Crippen molar-refractivity contribution >= 4 is 5.91 Å². The fourth-order valence-corrected chi connectivity index (χ4v) is 1.68. The summed E-state index contributed by atoms with van der Waals surface area (Å²) in [6, 6.07) is 0. The van der Waals surface area contributed by atoms with E-state index >= 15 is 0 Å². The molecule has 1 fully saturated rings. The maximum absolute atomic E-state index is 11.6. The maximum Gasteiger partial charge on any atom is 0.251 e. The average Bonchev–Trinajstić information content (AvgIpc) is 2.54. The Morgan fingerprint density at radius 3 is 2.69 bits per heavy atom. The standard InChI is InChI=1S/C10H19NO5/c1-10(2)15-7(6(12)5-14-4)8(16-10)9(13)11-3/h6-8,12H,5H2,1-4H3,(H,11,13)/t6-,7+,8+/m0/s1. The first-order valence-electron chi connectivity index (χ1n) is 5.15. The van der Waals surface area contributed by atoms with E-state index in [1.807, 2.05) is 0 Å². The number of nitrogens with one attached hydrogen (secondary N) is 1. The number of carbonyl (C=O) groups is 1. The highest BCUT2D eigenvalue weighted by atomic mass is 16.8. The van der Waals surface area contributed by atoms with Gasteiger partial charge in [0.15, 0.2) is 11.9 Å². The molecule has 6 nitrogen and oxygen atoms in total. The van der Waals surface area contributed by atoms with Crippen LogP contribution in [-0.4, -0.2) is 55.9 Å². The molecule has 1 aliphatic heterocycles. The Bertz CT molecular complexity index is 256. The summed E-state index contributed by atoms with van der Waals surface area (Å²) in [7, 11) is 2.98. The molecule has 0 aromatic heterocycles. The van der Waals surface area contributed by atoms with E-state index in [1.165, 1.54) is 14.2 Å². The van der Waals surface area contributed by atoms with E-state index in [2.05, 4.69) is 5.32 Å². The third kappa shape index (κ3) is 2.91. The molecule has 0 aromatic carbocycles. The predicted octanol–water partition coefficient (Wildman–Crippen LogP) is -0.740. The van der Waals surface area contributed by atoms with Crippen molar-refractivity contribution in [2.45, 2.75) is 37.9 Å². The first-order chi connectivity index (χ1) is 7.41. The Morgan fingerprint density at radius 2 is 2.19 bits per heavy atom. The second-order valence-electron chi connectivity index (χ2n) is 4.16.